The fourth-order valence-corrected chi connectivity index (χ4v) is 1.06. The van der Waals surface area contributed by atoms with Crippen molar-refractivity contribution in [2.24, 2.45) is 0 Å². The van der Waals surface area contributed by atoms with Crippen LogP contribution in [0, 0.1) is 0 Å². The van der Waals surface area contributed by atoms with Gasteiger partial charge in [0.15, 0.2) is 5.01 Å². The summed E-state index contributed by atoms with van der Waals surface area (Å²) >= 11 is 0.382. The molecule has 0 bridgehead atoms. The van der Waals surface area contributed by atoms with E-state index in [1.807, 2.05) is 0 Å². The summed E-state index contributed by atoms with van der Waals surface area (Å²) in [5.41, 5.74) is -0.303. The number of aromatic nitrogens is 1. The molecule has 1 rings (SSSR count). The fraction of sp³-hybridized carbons (Fsp3) is 0.200. The first-order valence-electron chi connectivity index (χ1n) is 2.45. The van der Waals surface area contributed by atoms with Crippen LogP contribution in [0.3, 0.4) is 0 Å². The van der Waals surface area contributed by atoms with Crippen molar-refractivity contribution < 1.29 is 42.3 Å². The van der Waals surface area contributed by atoms with E-state index in [4.69, 9.17) is 0 Å². The van der Waals surface area contributed by atoms with Crippen molar-refractivity contribution in [1.29, 1.82) is 0 Å². The van der Waals surface area contributed by atoms with Gasteiger partial charge in [0.25, 0.3) is 0 Å². The van der Waals surface area contributed by atoms with E-state index in [-0.39, 0.29) is 30.0 Å². The first-order chi connectivity index (χ1) is 5.04. The van der Waals surface area contributed by atoms with Crippen molar-refractivity contribution in [2.45, 2.75) is 6.18 Å². The number of nitrogens with zero attached hydrogens (tertiary/aromatic N) is 1. The number of rotatable bonds is 1. The monoisotopic (exact) mass is 204 g/mol. The quantitative estimate of drug-likeness (QED) is 0.411. The predicted molar refractivity (Wildman–Crippen MR) is 33.8 cm³/mol. The molecule has 1 aromatic heterocycles. The summed E-state index contributed by atoms with van der Waals surface area (Å²) in [4.78, 5) is 12.8. The van der Waals surface area contributed by atoms with Crippen LogP contribution in [0.5, 0.6) is 0 Å². The third-order valence-electron chi connectivity index (χ3n) is 0.851. The van der Waals surface area contributed by atoms with E-state index < -0.39 is 11.2 Å². The summed E-state index contributed by atoms with van der Waals surface area (Å²) < 4.78 is 35.3. The molecule has 3 nitrogen and oxygen atoms in total. The second-order valence-corrected chi connectivity index (χ2v) is 2.50. The van der Waals surface area contributed by atoms with E-state index in [0.717, 1.165) is 5.38 Å². The normalized spacial score (nSPS) is 9.77. The molecule has 0 spiro atoms. The van der Waals surface area contributed by atoms with Crippen LogP contribution in [0.15, 0.2) is 5.38 Å². The second kappa shape index (κ2) is 5.39. The SMILES string of the molecule is O=[C-]c1csc(C(F)(F)F)n1.[Li+].[OH-]. The zero-order valence-corrected chi connectivity index (χ0v) is 7.24. The summed E-state index contributed by atoms with van der Waals surface area (Å²) in [6.45, 7) is 0. The molecule has 0 radical (unpaired) electrons. The summed E-state index contributed by atoms with van der Waals surface area (Å²) in [5, 5.41) is -0.00799. The number of halogens is 3. The summed E-state index contributed by atoms with van der Waals surface area (Å²) in [6.07, 6.45) is -3.19. The third-order valence-corrected chi connectivity index (χ3v) is 1.74. The molecule has 0 saturated heterocycles. The van der Waals surface area contributed by atoms with Crippen molar-refractivity contribution in [3.05, 3.63) is 16.1 Å². The number of thiazole rings is 1. The maximum Gasteiger partial charge on any atom is 1.00 e. The average Bonchev–Trinajstić information content (AvgIpc) is 2.32. The van der Waals surface area contributed by atoms with Gasteiger partial charge in [0.1, 0.15) is 0 Å². The Kier molecular flexibility index (Phi) is 6.28. The average molecular weight is 204 g/mol. The number of alkyl halides is 3. The Hall–Kier alpha value is -0.353. The van der Waals surface area contributed by atoms with Gasteiger partial charge in [-0.2, -0.15) is 13.2 Å². The summed E-state index contributed by atoms with van der Waals surface area (Å²) in [7, 11) is 0. The molecule has 68 valence electrons. The van der Waals surface area contributed by atoms with Gasteiger partial charge in [-0.15, -0.1) is 5.38 Å². The standard InChI is InChI=1S/C5HF3NOS.Li.H2O/c6-5(7,8)4-9-3(1-10)2-11-4;;/h2H;;1H2/q-1;+1;/p-1. The molecular weight excluding hydrogens is 202 g/mol. The van der Waals surface area contributed by atoms with Crippen LogP contribution in [-0.2, 0) is 11.0 Å². The van der Waals surface area contributed by atoms with Gasteiger partial charge < -0.3 is 10.3 Å². The molecular formula is C5H2F3LiNO2S-. The zero-order valence-electron chi connectivity index (χ0n) is 6.42. The molecule has 13 heavy (non-hydrogen) atoms. The van der Waals surface area contributed by atoms with E-state index in [1.165, 1.54) is 6.29 Å². The van der Waals surface area contributed by atoms with Crippen LogP contribution in [-0.4, -0.2) is 16.7 Å². The largest absolute Gasteiger partial charge is 1.00 e. The Balaban J connectivity index is 0. The number of hydrogen-bond acceptors (Lipinski definition) is 4. The van der Waals surface area contributed by atoms with Crippen molar-refractivity contribution >= 4 is 17.6 Å². The molecule has 0 aliphatic heterocycles. The zero-order chi connectivity index (χ0) is 8.48. The van der Waals surface area contributed by atoms with Gasteiger partial charge in [0, 0.05) is 6.29 Å². The van der Waals surface area contributed by atoms with Crippen molar-refractivity contribution in [2.75, 3.05) is 0 Å². The van der Waals surface area contributed by atoms with E-state index in [2.05, 4.69) is 4.98 Å². The summed E-state index contributed by atoms with van der Waals surface area (Å²) in [6, 6.07) is 0. The van der Waals surface area contributed by atoms with Gasteiger partial charge in [0.2, 0.25) is 0 Å². The minimum atomic E-state index is -4.46. The molecule has 0 saturated carbocycles. The van der Waals surface area contributed by atoms with Gasteiger partial charge in [-0.1, -0.05) is 5.69 Å². The van der Waals surface area contributed by atoms with Gasteiger partial charge in [0.05, 0.1) is 0 Å². The van der Waals surface area contributed by atoms with Gasteiger partial charge in [-0.25, -0.2) is 11.3 Å². The Bertz CT molecular complexity index is 275. The van der Waals surface area contributed by atoms with E-state index in [1.54, 1.807) is 0 Å². The van der Waals surface area contributed by atoms with E-state index in [9.17, 15) is 18.0 Å². The fourth-order valence-electron chi connectivity index (χ4n) is 0.451. The van der Waals surface area contributed by atoms with Gasteiger partial charge in [-0.05, 0) is 0 Å². The maximum absolute atomic E-state index is 11.8. The van der Waals surface area contributed by atoms with E-state index >= 15 is 0 Å². The Morgan fingerprint density at radius 2 is 2.00 bits per heavy atom. The van der Waals surface area contributed by atoms with Crippen LogP contribution >= 0.6 is 11.3 Å². The van der Waals surface area contributed by atoms with Crippen LogP contribution < -0.4 is 18.9 Å². The molecule has 1 aromatic rings. The Morgan fingerprint density at radius 3 is 2.23 bits per heavy atom. The first-order valence-corrected chi connectivity index (χ1v) is 3.33. The second-order valence-electron chi connectivity index (χ2n) is 1.64. The smallest absolute Gasteiger partial charge is 0.870 e. The van der Waals surface area contributed by atoms with Crippen molar-refractivity contribution in [3.8, 4) is 0 Å². The van der Waals surface area contributed by atoms with Crippen molar-refractivity contribution in [3.63, 3.8) is 0 Å². The molecule has 0 aromatic carbocycles. The summed E-state index contributed by atoms with van der Waals surface area (Å²) in [5.74, 6) is 0. The molecule has 0 unspecified atom stereocenters. The van der Waals surface area contributed by atoms with Crippen LogP contribution in [0.1, 0.15) is 10.7 Å². The minimum Gasteiger partial charge on any atom is -0.870 e. The molecule has 0 fully saturated rings. The molecule has 1 N–H and O–H groups in total. The van der Waals surface area contributed by atoms with E-state index in [0.29, 0.717) is 11.3 Å². The number of hydrogen-bond donors (Lipinski definition) is 0. The molecule has 1 heterocycles. The van der Waals surface area contributed by atoms with Crippen LogP contribution in [0.4, 0.5) is 13.2 Å². The molecule has 8 heteroatoms. The van der Waals surface area contributed by atoms with Gasteiger partial charge >= 0.3 is 25.0 Å². The number of carbonyl (C=O) groups excluding carboxylic acids is 1. The Labute approximate surface area is 87.5 Å². The topological polar surface area (TPSA) is 60.0 Å². The molecule has 0 aliphatic rings. The Morgan fingerprint density at radius 1 is 1.46 bits per heavy atom. The third kappa shape index (κ3) is 3.91. The van der Waals surface area contributed by atoms with Crippen molar-refractivity contribution in [1.82, 2.24) is 4.98 Å². The predicted octanol–water partition coefficient (Wildman–Crippen LogP) is -1.55. The van der Waals surface area contributed by atoms with Crippen LogP contribution in [0.25, 0.3) is 0 Å². The van der Waals surface area contributed by atoms with Crippen LogP contribution in [0.2, 0.25) is 0 Å². The molecule has 0 atom stereocenters. The molecule has 0 aliphatic carbocycles. The molecule has 0 amide bonds. The minimum absolute atomic E-state index is 0. The van der Waals surface area contributed by atoms with Gasteiger partial charge in [-0.3, -0.25) is 4.98 Å². The maximum atomic E-state index is 11.8. The first kappa shape index (κ1) is 15.1.